The molecular formula is C18H25NS. The van der Waals surface area contributed by atoms with Crippen LogP contribution in [0.2, 0.25) is 0 Å². The van der Waals surface area contributed by atoms with Crippen molar-refractivity contribution in [3.8, 4) is 0 Å². The van der Waals surface area contributed by atoms with Crippen molar-refractivity contribution in [2.45, 2.75) is 67.9 Å². The smallest absolute Gasteiger partial charge is 0.0335 e. The first-order valence-corrected chi connectivity index (χ1v) is 9.66. The van der Waals surface area contributed by atoms with E-state index in [2.05, 4.69) is 29.2 Å². The van der Waals surface area contributed by atoms with Crippen LogP contribution in [0.15, 0.2) is 23.4 Å². The van der Waals surface area contributed by atoms with Crippen molar-refractivity contribution in [2.24, 2.45) is 17.8 Å². The lowest BCUT2D eigenvalue weighted by molar-refractivity contribution is 0.210. The van der Waals surface area contributed by atoms with Gasteiger partial charge in [0.15, 0.2) is 0 Å². The molecule has 3 aliphatic carbocycles. The summed E-state index contributed by atoms with van der Waals surface area (Å²) in [5, 5.41) is 5.72. The molecule has 0 radical (unpaired) electrons. The predicted octanol–water partition coefficient (Wildman–Crippen LogP) is 4.26. The average Bonchev–Trinajstić information content (AvgIpc) is 3.04. The van der Waals surface area contributed by atoms with Crippen LogP contribution in [-0.2, 0) is 0 Å². The first-order valence-electron chi connectivity index (χ1n) is 8.72. The summed E-state index contributed by atoms with van der Waals surface area (Å²) in [5.74, 6) is 2.92. The Morgan fingerprint density at radius 2 is 2.00 bits per heavy atom. The van der Waals surface area contributed by atoms with Gasteiger partial charge in [0.2, 0.25) is 0 Å². The van der Waals surface area contributed by atoms with Gasteiger partial charge < -0.3 is 5.32 Å². The maximum absolute atomic E-state index is 3.94. The number of nitrogens with one attached hydrogen (secondary N) is 1. The van der Waals surface area contributed by atoms with Gasteiger partial charge in [0.1, 0.15) is 0 Å². The molecule has 0 bridgehead atoms. The van der Waals surface area contributed by atoms with Crippen molar-refractivity contribution >= 4 is 11.8 Å². The van der Waals surface area contributed by atoms with Gasteiger partial charge in [-0.15, -0.1) is 11.8 Å². The lowest BCUT2D eigenvalue weighted by Crippen LogP contribution is -2.42. The highest BCUT2D eigenvalue weighted by atomic mass is 32.2. The van der Waals surface area contributed by atoms with E-state index in [9.17, 15) is 0 Å². The van der Waals surface area contributed by atoms with E-state index in [4.69, 9.17) is 0 Å². The molecule has 1 saturated carbocycles. The van der Waals surface area contributed by atoms with Gasteiger partial charge in [-0.3, -0.25) is 0 Å². The molecule has 0 amide bonds. The van der Waals surface area contributed by atoms with Crippen LogP contribution in [0.5, 0.6) is 0 Å². The number of thioether (sulfide) groups is 1. The minimum atomic E-state index is 0.802. The van der Waals surface area contributed by atoms with Gasteiger partial charge in [-0.1, -0.05) is 12.2 Å². The summed E-state index contributed by atoms with van der Waals surface area (Å²) in [5.41, 5.74) is 3.55. The fourth-order valence-electron chi connectivity index (χ4n) is 5.75. The van der Waals surface area contributed by atoms with E-state index in [1.807, 2.05) is 5.57 Å². The highest BCUT2D eigenvalue weighted by Crippen LogP contribution is 2.58. The van der Waals surface area contributed by atoms with Crippen molar-refractivity contribution in [1.82, 2.24) is 5.32 Å². The number of allylic oxidation sites excluding steroid dienone is 2. The Morgan fingerprint density at radius 1 is 1.05 bits per heavy atom. The Bertz CT molecular complexity index is 480. The Balaban J connectivity index is 1.49. The van der Waals surface area contributed by atoms with Crippen LogP contribution in [0.3, 0.4) is 0 Å². The first kappa shape index (κ1) is 12.2. The van der Waals surface area contributed by atoms with Crippen LogP contribution in [0.1, 0.15) is 51.4 Å². The molecule has 108 valence electrons. The molecule has 20 heavy (non-hydrogen) atoms. The highest BCUT2D eigenvalue weighted by molar-refractivity contribution is 8.01. The third kappa shape index (κ3) is 1.63. The average molecular weight is 287 g/mol. The lowest BCUT2D eigenvalue weighted by Gasteiger charge is -2.39. The second-order valence-electron chi connectivity index (χ2n) is 7.46. The van der Waals surface area contributed by atoms with Gasteiger partial charge in [0.05, 0.1) is 0 Å². The molecular weight excluding hydrogens is 262 g/mol. The summed E-state index contributed by atoms with van der Waals surface area (Å²) in [6.45, 7) is 0. The summed E-state index contributed by atoms with van der Waals surface area (Å²) < 4.78 is 0. The van der Waals surface area contributed by atoms with Crippen molar-refractivity contribution in [3.63, 3.8) is 0 Å². The molecule has 2 aliphatic heterocycles. The normalized spacial score (nSPS) is 49.2. The quantitative estimate of drug-likeness (QED) is 0.668. The van der Waals surface area contributed by atoms with Crippen LogP contribution in [0.25, 0.3) is 0 Å². The molecule has 6 unspecified atom stereocenters. The fraction of sp³-hybridized carbons (Fsp3) is 0.778. The highest BCUT2D eigenvalue weighted by Gasteiger charge is 2.53. The summed E-state index contributed by atoms with van der Waals surface area (Å²) in [7, 11) is 0. The maximum atomic E-state index is 3.94. The molecule has 6 atom stereocenters. The minimum absolute atomic E-state index is 0.802. The van der Waals surface area contributed by atoms with Gasteiger partial charge in [0, 0.05) is 28.2 Å². The second kappa shape index (κ2) is 4.56. The number of rotatable bonds is 0. The zero-order valence-electron chi connectivity index (χ0n) is 12.2. The molecule has 2 heteroatoms. The van der Waals surface area contributed by atoms with Crippen LogP contribution in [0, 0.1) is 17.8 Å². The second-order valence-corrected chi connectivity index (χ2v) is 8.82. The summed E-state index contributed by atoms with van der Waals surface area (Å²) >= 11 is 2.35. The van der Waals surface area contributed by atoms with Gasteiger partial charge in [-0.05, 0) is 68.8 Å². The molecule has 1 nitrogen and oxygen atoms in total. The third-order valence-electron chi connectivity index (χ3n) is 6.57. The third-order valence-corrected chi connectivity index (χ3v) is 8.35. The Hall–Kier alpha value is -0.370. The fourth-order valence-corrected chi connectivity index (χ4v) is 7.92. The van der Waals surface area contributed by atoms with Gasteiger partial charge in [-0.2, -0.15) is 0 Å². The maximum Gasteiger partial charge on any atom is 0.0335 e. The zero-order chi connectivity index (χ0) is 13.1. The van der Waals surface area contributed by atoms with E-state index in [1.165, 1.54) is 51.4 Å². The standard InChI is InChI=1S/C18H25NS/c1-3-7-14-13(6-1)17-15(19-14)10-9-12-11-5-2-4-8-16(11)20-18(12)17/h4,8,11-12,15-19H,1-3,5-7,9-10H2. The van der Waals surface area contributed by atoms with Crippen molar-refractivity contribution < 1.29 is 0 Å². The van der Waals surface area contributed by atoms with Crippen LogP contribution in [-0.4, -0.2) is 16.5 Å². The SMILES string of the molecule is C1=CC2SC3C(CCC4NC5=C(CCCC5)C43)C2CC1. The van der Waals surface area contributed by atoms with Crippen LogP contribution in [0.4, 0.5) is 0 Å². The molecule has 0 aromatic heterocycles. The van der Waals surface area contributed by atoms with E-state index < -0.39 is 0 Å². The number of hydrogen-bond acceptors (Lipinski definition) is 2. The largest absolute Gasteiger partial charge is 0.385 e. The van der Waals surface area contributed by atoms with Crippen molar-refractivity contribution in [3.05, 3.63) is 23.4 Å². The molecule has 2 heterocycles. The number of hydrogen-bond donors (Lipinski definition) is 1. The molecule has 0 aromatic carbocycles. The first-order chi connectivity index (χ1) is 9.92. The monoisotopic (exact) mass is 287 g/mol. The van der Waals surface area contributed by atoms with Crippen molar-refractivity contribution in [1.29, 1.82) is 0 Å². The van der Waals surface area contributed by atoms with E-state index in [0.29, 0.717) is 0 Å². The van der Waals surface area contributed by atoms with Gasteiger partial charge in [0.25, 0.3) is 0 Å². The molecule has 1 saturated heterocycles. The minimum Gasteiger partial charge on any atom is -0.385 e. The molecule has 0 aromatic rings. The molecule has 5 aliphatic rings. The molecule has 2 fully saturated rings. The van der Waals surface area contributed by atoms with E-state index in [1.54, 1.807) is 5.70 Å². The predicted molar refractivity (Wildman–Crippen MR) is 85.7 cm³/mol. The van der Waals surface area contributed by atoms with E-state index in [0.717, 1.165) is 34.3 Å². The molecule has 0 spiro atoms. The zero-order valence-corrected chi connectivity index (χ0v) is 13.0. The Morgan fingerprint density at radius 3 is 3.00 bits per heavy atom. The van der Waals surface area contributed by atoms with Crippen LogP contribution < -0.4 is 5.32 Å². The van der Waals surface area contributed by atoms with E-state index in [-0.39, 0.29) is 0 Å². The summed E-state index contributed by atoms with van der Waals surface area (Å²) in [6.07, 6.45) is 16.3. The Labute approximate surface area is 126 Å². The molecule has 5 rings (SSSR count). The molecule has 1 N–H and O–H groups in total. The van der Waals surface area contributed by atoms with Crippen molar-refractivity contribution in [2.75, 3.05) is 0 Å². The lowest BCUT2D eigenvalue weighted by atomic mass is 9.68. The van der Waals surface area contributed by atoms with Gasteiger partial charge in [-0.25, -0.2) is 0 Å². The van der Waals surface area contributed by atoms with E-state index >= 15 is 0 Å². The summed E-state index contributed by atoms with van der Waals surface area (Å²) in [4.78, 5) is 0. The Kier molecular flexibility index (Phi) is 2.78. The topological polar surface area (TPSA) is 12.0 Å². The van der Waals surface area contributed by atoms with Crippen LogP contribution >= 0.6 is 11.8 Å². The summed E-state index contributed by atoms with van der Waals surface area (Å²) in [6, 6.07) is 0.802. The van der Waals surface area contributed by atoms with Gasteiger partial charge >= 0.3 is 0 Å². The number of fused-ring (bicyclic) bond motifs is 6.